The van der Waals surface area contributed by atoms with Crippen LogP contribution in [0.4, 0.5) is 11.5 Å². The van der Waals surface area contributed by atoms with Crippen LogP contribution in [0.5, 0.6) is 0 Å². The Kier molecular flexibility index (Phi) is 5.24. The highest BCUT2D eigenvalue weighted by Crippen LogP contribution is 2.19. The molecular formula is C18H24N4O2S. The number of nitrogens with one attached hydrogen (secondary N) is 1. The molecule has 0 spiro atoms. The van der Waals surface area contributed by atoms with Gasteiger partial charge in [0.25, 0.3) is 10.0 Å². The van der Waals surface area contributed by atoms with Crippen LogP contribution in [0.3, 0.4) is 0 Å². The van der Waals surface area contributed by atoms with Crippen LogP contribution >= 0.6 is 0 Å². The molecule has 0 aliphatic carbocycles. The average Bonchev–Trinajstić information content (AvgIpc) is 2.63. The Bertz CT molecular complexity index is 796. The Morgan fingerprint density at radius 1 is 1.04 bits per heavy atom. The molecule has 1 aromatic heterocycles. The van der Waals surface area contributed by atoms with Crippen LogP contribution in [0.15, 0.2) is 47.5 Å². The first-order chi connectivity index (χ1) is 12.0. The van der Waals surface area contributed by atoms with E-state index in [0.717, 1.165) is 44.0 Å². The van der Waals surface area contributed by atoms with E-state index < -0.39 is 10.0 Å². The monoisotopic (exact) mass is 360 g/mol. The third-order valence-electron chi connectivity index (χ3n) is 4.47. The predicted molar refractivity (Wildman–Crippen MR) is 101 cm³/mol. The van der Waals surface area contributed by atoms with E-state index in [1.807, 2.05) is 25.1 Å². The van der Waals surface area contributed by atoms with E-state index in [9.17, 15) is 8.42 Å². The lowest BCUT2D eigenvalue weighted by atomic mass is 10.2. The summed E-state index contributed by atoms with van der Waals surface area (Å²) in [5.74, 6) is 0.878. The van der Waals surface area contributed by atoms with E-state index in [1.165, 1.54) is 0 Å². The summed E-state index contributed by atoms with van der Waals surface area (Å²) in [4.78, 5) is 9.16. The molecule has 1 N–H and O–H groups in total. The minimum absolute atomic E-state index is 0.257. The second-order valence-electron chi connectivity index (χ2n) is 6.30. The molecule has 6 nitrogen and oxygen atoms in total. The van der Waals surface area contributed by atoms with Crippen molar-refractivity contribution in [1.82, 2.24) is 9.88 Å². The van der Waals surface area contributed by atoms with Gasteiger partial charge in [0.15, 0.2) is 0 Å². The number of rotatable bonds is 5. The van der Waals surface area contributed by atoms with Crippen molar-refractivity contribution in [1.29, 1.82) is 0 Å². The van der Waals surface area contributed by atoms with Gasteiger partial charge >= 0.3 is 0 Å². The summed E-state index contributed by atoms with van der Waals surface area (Å²) in [5, 5.41) is 0. The molecule has 7 heteroatoms. The largest absolute Gasteiger partial charge is 0.354 e. The van der Waals surface area contributed by atoms with Gasteiger partial charge in [0, 0.05) is 26.2 Å². The Morgan fingerprint density at radius 2 is 1.72 bits per heavy atom. The molecule has 1 fully saturated rings. The van der Waals surface area contributed by atoms with Gasteiger partial charge in [-0.3, -0.25) is 4.72 Å². The first-order valence-electron chi connectivity index (χ1n) is 8.49. The lowest BCUT2D eigenvalue weighted by molar-refractivity contribution is 0.312. The summed E-state index contributed by atoms with van der Waals surface area (Å²) in [6.45, 7) is 5.90. The van der Waals surface area contributed by atoms with E-state index in [2.05, 4.69) is 26.6 Å². The summed E-state index contributed by atoms with van der Waals surface area (Å²) in [6, 6.07) is 10.6. The number of pyridine rings is 1. The van der Waals surface area contributed by atoms with Crippen LogP contribution in [-0.2, 0) is 16.4 Å². The van der Waals surface area contributed by atoms with Crippen molar-refractivity contribution in [2.45, 2.75) is 18.2 Å². The fourth-order valence-electron chi connectivity index (χ4n) is 2.79. The number of aromatic nitrogens is 1. The Labute approximate surface area is 149 Å². The third-order valence-corrected chi connectivity index (χ3v) is 5.87. The third kappa shape index (κ3) is 4.29. The maximum Gasteiger partial charge on any atom is 0.261 e. The van der Waals surface area contributed by atoms with Gasteiger partial charge in [-0.15, -0.1) is 0 Å². The lowest BCUT2D eigenvalue weighted by Gasteiger charge is -2.33. The molecule has 1 saturated heterocycles. The van der Waals surface area contributed by atoms with Crippen molar-refractivity contribution < 1.29 is 8.42 Å². The first kappa shape index (κ1) is 17.7. The molecule has 0 bridgehead atoms. The average molecular weight is 360 g/mol. The molecule has 25 heavy (non-hydrogen) atoms. The van der Waals surface area contributed by atoms with Crippen molar-refractivity contribution in [2.24, 2.45) is 0 Å². The van der Waals surface area contributed by atoms with Gasteiger partial charge in [-0.25, -0.2) is 13.4 Å². The highest BCUT2D eigenvalue weighted by atomic mass is 32.2. The molecule has 0 atom stereocenters. The predicted octanol–water partition coefficient (Wildman–Crippen LogP) is 2.20. The molecule has 2 aromatic rings. The Balaban J connectivity index is 1.69. The Morgan fingerprint density at radius 3 is 2.28 bits per heavy atom. The molecular weight excluding hydrogens is 336 g/mol. The highest BCUT2D eigenvalue weighted by Gasteiger charge is 2.17. The summed E-state index contributed by atoms with van der Waals surface area (Å²) in [6.07, 6.45) is 2.46. The van der Waals surface area contributed by atoms with E-state index in [1.54, 1.807) is 24.4 Å². The van der Waals surface area contributed by atoms with Crippen molar-refractivity contribution in [2.75, 3.05) is 42.8 Å². The molecule has 0 radical (unpaired) electrons. The number of aryl methyl sites for hydroxylation is 1. The second-order valence-corrected chi connectivity index (χ2v) is 7.98. The van der Waals surface area contributed by atoms with Gasteiger partial charge < -0.3 is 9.80 Å². The van der Waals surface area contributed by atoms with Crippen molar-refractivity contribution >= 4 is 21.5 Å². The van der Waals surface area contributed by atoms with Crippen LogP contribution in [-0.4, -0.2) is 51.5 Å². The zero-order valence-electron chi connectivity index (χ0n) is 14.6. The van der Waals surface area contributed by atoms with E-state index in [4.69, 9.17) is 0 Å². The van der Waals surface area contributed by atoms with Gasteiger partial charge in [-0.1, -0.05) is 19.1 Å². The topological polar surface area (TPSA) is 65.5 Å². The van der Waals surface area contributed by atoms with Crippen molar-refractivity contribution in [3.05, 3.63) is 48.2 Å². The summed E-state index contributed by atoms with van der Waals surface area (Å²) < 4.78 is 27.5. The van der Waals surface area contributed by atoms with Gasteiger partial charge in [-0.05, 0) is 43.3 Å². The van der Waals surface area contributed by atoms with Crippen LogP contribution in [0, 0.1) is 0 Å². The number of likely N-dealkylation sites (N-methyl/N-ethyl adjacent to an activating group) is 1. The number of anilines is 2. The van der Waals surface area contributed by atoms with Gasteiger partial charge in [-0.2, -0.15) is 0 Å². The Hall–Kier alpha value is -2.12. The van der Waals surface area contributed by atoms with Crippen LogP contribution in [0.25, 0.3) is 0 Å². The maximum atomic E-state index is 12.5. The SMILES string of the molecule is CCc1ccc(S(=O)(=O)Nc2ccc(N3CCN(C)CC3)nc2)cc1. The molecule has 1 aliphatic rings. The minimum Gasteiger partial charge on any atom is -0.354 e. The maximum absolute atomic E-state index is 12.5. The minimum atomic E-state index is -3.59. The second kappa shape index (κ2) is 7.41. The zero-order chi connectivity index (χ0) is 17.9. The van der Waals surface area contributed by atoms with E-state index in [0.29, 0.717) is 5.69 Å². The fraction of sp³-hybridized carbons (Fsp3) is 0.389. The van der Waals surface area contributed by atoms with Crippen LogP contribution in [0.2, 0.25) is 0 Å². The van der Waals surface area contributed by atoms with Crippen LogP contribution in [0.1, 0.15) is 12.5 Å². The number of benzene rings is 1. The molecule has 3 rings (SSSR count). The molecule has 0 saturated carbocycles. The number of sulfonamides is 1. The highest BCUT2D eigenvalue weighted by molar-refractivity contribution is 7.92. The molecule has 1 aliphatic heterocycles. The van der Waals surface area contributed by atoms with Gasteiger partial charge in [0.2, 0.25) is 0 Å². The molecule has 0 unspecified atom stereocenters. The number of piperazine rings is 1. The van der Waals surface area contributed by atoms with E-state index in [-0.39, 0.29) is 4.90 Å². The first-order valence-corrected chi connectivity index (χ1v) is 9.97. The van der Waals surface area contributed by atoms with Gasteiger partial charge in [0.05, 0.1) is 16.8 Å². The normalized spacial score (nSPS) is 16.0. The zero-order valence-corrected chi connectivity index (χ0v) is 15.5. The molecule has 0 amide bonds. The van der Waals surface area contributed by atoms with Gasteiger partial charge in [0.1, 0.15) is 5.82 Å². The standard InChI is InChI=1S/C18H24N4O2S/c1-3-15-4-7-17(8-5-15)25(23,24)20-16-6-9-18(19-14-16)22-12-10-21(2)11-13-22/h4-9,14,20H,3,10-13H2,1-2H3. The lowest BCUT2D eigenvalue weighted by Crippen LogP contribution is -2.44. The van der Waals surface area contributed by atoms with Crippen molar-refractivity contribution in [3.8, 4) is 0 Å². The summed E-state index contributed by atoms with van der Waals surface area (Å²) >= 11 is 0. The smallest absolute Gasteiger partial charge is 0.261 e. The number of hydrogen-bond donors (Lipinski definition) is 1. The number of hydrogen-bond acceptors (Lipinski definition) is 5. The van der Waals surface area contributed by atoms with Crippen molar-refractivity contribution in [3.63, 3.8) is 0 Å². The molecule has 1 aromatic carbocycles. The van der Waals surface area contributed by atoms with E-state index >= 15 is 0 Å². The molecule has 2 heterocycles. The summed E-state index contributed by atoms with van der Waals surface area (Å²) in [7, 11) is -1.49. The molecule has 134 valence electrons. The fourth-order valence-corrected chi connectivity index (χ4v) is 3.83. The quantitative estimate of drug-likeness (QED) is 0.885. The van der Waals surface area contributed by atoms with Crippen LogP contribution < -0.4 is 9.62 Å². The number of nitrogens with zero attached hydrogens (tertiary/aromatic N) is 3. The summed E-state index contributed by atoms with van der Waals surface area (Å²) in [5.41, 5.74) is 1.58.